The molecular weight excluding hydrogens is 296 g/mol. The second-order valence-corrected chi connectivity index (χ2v) is 6.11. The van der Waals surface area contributed by atoms with Gasteiger partial charge in [-0.05, 0) is 29.7 Å². The van der Waals surface area contributed by atoms with Crippen LogP contribution in [-0.4, -0.2) is 5.78 Å². The SMILES string of the molecule is C=CC(c1cccc(OCc2ccccc2)c1)C(C)C(=O)CCC. The third-order valence-electron chi connectivity index (χ3n) is 4.29. The summed E-state index contributed by atoms with van der Waals surface area (Å²) in [7, 11) is 0. The van der Waals surface area contributed by atoms with E-state index in [1.165, 1.54) is 0 Å². The Hall–Kier alpha value is -2.35. The van der Waals surface area contributed by atoms with E-state index in [1.807, 2.05) is 74.5 Å². The molecule has 2 rings (SSSR count). The number of hydrogen-bond donors (Lipinski definition) is 0. The van der Waals surface area contributed by atoms with E-state index in [0.717, 1.165) is 23.3 Å². The second kappa shape index (κ2) is 9.07. The third kappa shape index (κ3) is 4.82. The van der Waals surface area contributed by atoms with Gasteiger partial charge in [-0.1, -0.05) is 62.4 Å². The quantitative estimate of drug-likeness (QED) is 0.567. The smallest absolute Gasteiger partial charge is 0.136 e. The molecule has 0 aromatic heterocycles. The van der Waals surface area contributed by atoms with Crippen LogP contribution < -0.4 is 4.74 Å². The third-order valence-corrected chi connectivity index (χ3v) is 4.29. The van der Waals surface area contributed by atoms with Crippen LogP contribution in [0.1, 0.15) is 43.7 Å². The van der Waals surface area contributed by atoms with Crippen molar-refractivity contribution in [2.75, 3.05) is 0 Å². The van der Waals surface area contributed by atoms with E-state index in [9.17, 15) is 4.79 Å². The molecule has 0 amide bonds. The van der Waals surface area contributed by atoms with Crippen LogP contribution in [0, 0.1) is 5.92 Å². The number of carbonyl (C=O) groups excluding carboxylic acids is 1. The van der Waals surface area contributed by atoms with Gasteiger partial charge in [-0.15, -0.1) is 6.58 Å². The number of carbonyl (C=O) groups is 1. The molecular formula is C22H26O2. The number of rotatable bonds is 9. The molecule has 2 nitrogen and oxygen atoms in total. The topological polar surface area (TPSA) is 26.3 Å². The van der Waals surface area contributed by atoms with Crippen LogP contribution in [0.5, 0.6) is 5.75 Å². The summed E-state index contributed by atoms with van der Waals surface area (Å²) in [6, 6.07) is 18.1. The van der Waals surface area contributed by atoms with Crippen molar-refractivity contribution in [3.05, 3.63) is 78.4 Å². The van der Waals surface area contributed by atoms with Crippen molar-refractivity contribution in [3.63, 3.8) is 0 Å². The van der Waals surface area contributed by atoms with Gasteiger partial charge in [0, 0.05) is 18.3 Å². The molecule has 2 aromatic carbocycles. The lowest BCUT2D eigenvalue weighted by Gasteiger charge is -2.20. The highest BCUT2D eigenvalue weighted by atomic mass is 16.5. The highest BCUT2D eigenvalue weighted by Crippen LogP contribution is 2.30. The summed E-state index contributed by atoms with van der Waals surface area (Å²) in [5.41, 5.74) is 2.21. The van der Waals surface area contributed by atoms with Crippen LogP contribution in [0.4, 0.5) is 0 Å². The monoisotopic (exact) mass is 322 g/mol. The minimum atomic E-state index is -0.0631. The van der Waals surface area contributed by atoms with E-state index in [2.05, 4.69) is 6.58 Å². The predicted octanol–water partition coefficient (Wildman–Crippen LogP) is 5.54. The zero-order valence-corrected chi connectivity index (χ0v) is 14.6. The van der Waals surface area contributed by atoms with Gasteiger partial charge in [0.1, 0.15) is 18.1 Å². The summed E-state index contributed by atoms with van der Waals surface area (Å²) >= 11 is 0. The fourth-order valence-corrected chi connectivity index (χ4v) is 2.86. The molecule has 0 spiro atoms. The first kappa shape index (κ1) is 18.0. The molecule has 2 aromatic rings. The zero-order chi connectivity index (χ0) is 17.4. The van der Waals surface area contributed by atoms with Crippen molar-refractivity contribution >= 4 is 5.78 Å². The summed E-state index contributed by atoms with van der Waals surface area (Å²) in [6.07, 6.45) is 3.37. The molecule has 2 unspecified atom stereocenters. The first-order chi connectivity index (χ1) is 11.7. The summed E-state index contributed by atoms with van der Waals surface area (Å²) in [5.74, 6) is 1.06. The van der Waals surface area contributed by atoms with E-state index in [0.29, 0.717) is 13.0 Å². The maximum atomic E-state index is 12.2. The Balaban J connectivity index is 2.10. The fraction of sp³-hybridized carbons (Fsp3) is 0.318. The molecule has 24 heavy (non-hydrogen) atoms. The molecule has 2 atom stereocenters. The lowest BCUT2D eigenvalue weighted by atomic mass is 9.83. The molecule has 2 heteroatoms. The Labute approximate surface area is 145 Å². The number of Topliss-reactive ketones (excluding diaryl/α,β-unsaturated/α-hetero) is 1. The van der Waals surface area contributed by atoms with Crippen LogP contribution in [0.15, 0.2) is 67.3 Å². The molecule has 0 aliphatic carbocycles. The van der Waals surface area contributed by atoms with Crippen LogP contribution >= 0.6 is 0 Å². The standard InChI is InChI=1S/C22H26O2/c1-4-10-22(23)17(3)21(5-2)19-13-9-14-20(15-19)24-16-18-11-7-6-8-12-18/h5-9,11-15,17,21H,2,4,10,16H2,1,3H3. The lowest BCUT2D eigenvalue weighted by molar-refractivity contribution is -0.122. The van der Waals surface area contributed by atoms with Gasteiger partial charge in [-0.3, -0.25) is 4.79 Å². The molecule has 0 N–H and O–H groups in total. The van der Waals surface area contributed by atoms with Crippen molar-refractivity contribution < 1.29 is 9.53 Å². The number of allylic oxidation sites excluding steroid dienone is 1. The summed E-state index contributed by atoms with van der Waals surface area (Å²) < 4.78 is 5.90. The van der Waals surface area contributed by atoms with Crippen LogP contribution in [-0.2, 0) is 11.4 Å². The molecule has 0 aliphatic heterocycles. The number of ether oxygens (including phenoxy) is 1. The first-order valence-electron chi connectivity index (χ1n) is 8.57. The van der Waals surface area contributed by atoms with Crippen molar-refractivity contribution in [3.8, 4) is 5.75 Å². The molecule has 0 heterocycles. The van der Waals surface area contributed by atoms with Crippen molar-refractivity contribution in [1.29, 1.82) is 0 Å². The average Bonchev–Trinajstić information content (AvgIpc) is 2.62. The Morgan fingerprint density at radius 2 is 1.92 bits per heavy atom. The fourth-order valence-electron chi connectivity index (χ4n) is 2.86. The van der Waals surface area contributed by atoms with Gasteiger partial charge < -0.3 is 4.74 Å². The molecule has 0 fully saturated rings. The van der Waals surface area contributed by atoms with Crippen LogP contribution in [0.25, 0.3) is 0 Å². The van der Waals surface area contributed by atoms with Gasteiger partial charge in [0.05, 0.1) is 0 Å². The average molecular weight is 322 g/mol. The Kier molecular flexibility index (Phi) is 6.80. The molecule has 0 saturated carbocycles. The van der Waals surface area contributed by atoms with Crippen molar-refractivity contribution in [2.45, 2.75) is 39.2 Å². The molecule has 0 aliphatic rings. The van der Waals surface area contributed by atoms with Crippen LogP contribution in [0.3, 0.4) is 0 Å². The Morgan fingerprint density at radius 1 is 1.17 bits per heavy atom. The van der Waals surface area contributed by atoms with E-state index in [4.69, 9.17) is 4.74 Å². The van der Waals surface area contributed by atoms with Crippen molar-refractivity contribution in [2.24, 2.45) is 5.92 Å². The molecule has 0 bridgehead atoms. The van der Waals surface area contributed by atoms with E-state index in [-0.39, 0.29) is 17.6 Å². The van der Waals surface area contributed by atoms with Gasteiger partial charge in [-0.25, -0.2) is 0 Å². The summed E-state index contributed by atoms with van der Waals surface area (Å²) in [4.78, 5) is 12.2. The Bertz CT molecular complexity index is 661. The zero-order valence-electron chi connectivity index (χ0n) is 14.6. The largest absolute Gasteiger partial charge is 0.489 e. The highest BCUT2D eigenvalue weighted by molar-refractivity contribution is 5.82. The first-order valence-corrected chi connectivity index (χ1v) is 8.57. The van der Waals surface area contributed by atoms with Gasteiger partial charge in [0.25, 0.3) is 0 Å². The van der Waals surface area contributed by atoms with Gasteiger partial charge in [-0.2, -0.15) is 0 Å². The maximum Gasteiger partial charge on any atom is 0.136 e. The van der Waals surface area contributed by atoms with Gasteiger partial charge >= 0.3 is 0 Å². The highest BCUT2D eigenvalue weighted by Gasteiger charge is 2.22. The minimum Gasteiger partial charge on any atom is -0.489 e. The maximum absolute atomic E-state index is 12.2. The predicted molar refractivity (Wildman–Crippen MR) is 99.2 cm³/mol. The van der Waals surface area contributed by atoms with E-state index in [1.54, 1.807) is 0 Å². The van der Waals surface area contributed by atoms with Gasteiger partial charge in [0.15, 0.2) is 0 Å². The van der Waals surface area contributed by atoms with Gasteiger partial charge in [0.2, 0.25) is 0 Å². The summed E-state index contributed by atoms with van der Waals surface area (Å²) in [5, 5.41) is 0. The van der Waals surface area contributed by atoms with Crippen molar-refractivity contribution in [1.82, 2.24) is 0 Å². The number of hydrogen-bond acceptors (Lipinski definition) is 2. The minimum absolute atomic E-state index is 0.0179. The number of benzene rings is 2. The summed E-state index contributed by atoms with van der Waals surface area (Å²) in [6.45, 7) is 8.49. The Morgan fingerprint density at radius 3 is 2.58 bits per heavy atom. The normalized spacial score (nSPS) is 13.1. The second-order valence-electron chi connectivity index (χ2n) is 6.11. The van der Waals surface area contributed by atoms with Crippen LogP contribution in [0.2, 0.25) is 0 Å². The van der Waals surface area contributed by atoms with E-state index < -0.39 is 0 Å². The number of ketones is 1. The van der Waals surface area contributed by atoms with E-state index >= 15 is 0 Å². The molecule has 0 radical (unpaired) electrons. The molecule has 0 saturated heterocycles. The molecule has 126 valence electrons. The lowest BCUT2D eigenvalue weighted by Crippen LogP contribution is -2.18.